The lowest BCUT2D eigenvalue weighted by molar-refractivity contribution is -0.136. The maximum Gasteiger partial charge on any atom is 0.309 e. The first kappa shape index (κ1) is 16.8. The minimum atomic E-state index is -0.870. The summed E-state index contributed by atoms with van der Waals surface area (Å²) in [7, 11) is 1.78. The van der Waals surface area contributed by atoms with Crippen LogP contribution in [0.2, 0.25) is 0 Å². The van der Waals surface area contributed by atoms with E-state index in [1.807, 2.05) is 0 Å². The Balaban J connectivity index is 2.04. The van der Waals surface area contributed by atoms with Crippen LogP contribution >= 0.6 is 0 Å². The van der Waals surface area contributed by atoms with Gasteiger partial charge >= 0.3 is 5.97 Å². The smallest absolute Gasteiger partial charge is 0.309 e. The lowest BCUT2D eigenvalue weighted by Crippen LogP contribution is -2.29. The highest BCUT2D eigenvalue weighted by Gasteiger charge is 2.33. The number of aliphatic carboxylic acids is 1. The Morgan fingerprint density at radius 2 is 1.77 bits per heavy atom. The monoisotopic (exact) mass is 305 g/mol. The molecule has 1 fully saturated rings. The zero-order valence-corrected chi connectivity index (χ0v) is 14.1. The highest BCUT2D eigenvalue weighted by Crippen LogP contribution is 2.40. The maximum absolute atomic E-state index is 12.7. The average Bonchev–Trinajstić information content (AvgIpc) is 2.78. The number of carbonyl (C=O) groups excluding carboxylic acids is 1. The Hall–Kier alpha value is -1.58. The topological polar surface area (TPSA) is 59.3 Å². The molecule has 1 N–H and O–H groups in total. The van der Waals surface area contributed by atoms with Crippen molar-refractivity contribution >= 4 is 11.8 Å². The van der Waals surface area contributed by atoms with Crippen molar-refractivity contribution in [2.75, 3.05) is 0 Å². The van der Waals surface area contributed by atoms with Crippen LogP contribution in [0.5, 0.6) is 0 Å². The molecule has 1 aromatic heterocycles. The van der Waals surface area contributed by atoms with Gasteiger partial charge in [0.2, 0.25) is 0 Å². The number of ketones is 1. The third kappa shape index (κ3) is 3.60. The number of nitrogens with zero attached hydrogens (tertiary/aromatic N) is 1. The highest BCUT2D eigenvalue weighted by molar-refractivity contribution is 5.96. The van der Waals surface area contributed by atoms with Crippen LogP contribution < -0.4 is 0 Å². The van der Waals surface area contributed by atoms with E-state index in [1.54, 1.807) is 23.7 Å². The molecule has 4 heteroatoms. The SMILES string of the molecule is Cn1c(CC(=O)O)ccc1C(=O)C1CCC(C(C)(C)C)CC1. The molecule has 0 aromatic carbocycles. The standard InChI is InChI=1S/C18H27NO3/c1-18(2,3)13-7-5-12(6-8-13)17(22)15-10-9-14(19(15)4)11-16(20)21/h9-10,12-13H,5-8,11H2,1-4H3,(H,20,21). The Morgan fingerprint density at radius 3 is 2.27 bits per heavy atom. The number of carboxylic acids is 1. The Kier molecular flexibility index (Phi) is 4.78. The highest BCUT2D eigenvalue weighted by atomic mass is 16.4. The van der Waals surface area contributed by atoms with Gasteiger partial charge in [-0.3, -0.25) is 9.59 Å². The molecule has 0 unspecified atom stereocenters. The van der Waals surface area contributed by atoms with E-state index in [0.717, 1.165) is 25.7 Å². The third-order valence-electron chi connectivity index (χ3n) is 5.13. The molecule has 0 atom stereocenters. The van der Waals surface area contributed by atoms with E-state index in [1.165, 1.54) is 0 Å². The summed E-state index contributed by atoms with van der Waals surface area (Å²) >= 11 is 0. The van der Waals surface area contributed by atoms with Gasteiger partial charge in [-0.2, -0.15) is 0 Å². The summed E-state index contributed by atoms with van der Waals surface area (Å²) in [6, 6.07) is 3.53. The van der Waals surface area contributed by atoms with Crippen LogP contribution in [0.25, 0.3) is 0 Å². The van der Waals surface area contributed by atoms with E-state index >= 15 is 0 Å². The van der Waals surface area contributed by atoms with Gasteiger partial charge in [-0.25, -0.2) is 0 Å². The second-order valence-electron chi connectivity index (χ2n) is 7.62. The first-order chi connectivity index (χ1) is 10.2. The summed E-state index contributed by atoms with van der Waals surface area (Å²) in [5, 5.41) is 8.90. The number of Topliss-reactive ketones (excluding diaryl/α,β-unsaturated/α-hetero) is 1. The van der Waals surface area contributed by atoms with Crippen LogP contribution in [0.3, 0.4) is 0 Å². The van der Waals surface area contributed by atoms with E-state index in [9.17, 15) is 9.59 Å². The van der Waals surface area contributed by atoms with Crippen molar-refractivity contribution in [1.29, 1.82) is 0 Å². The molecule has 0 aliphatic heterocycles. The van der Waals surface area contributed by atoms with E-state index in [4.69, 9.17) is 5.11 Å². The van der Waals surface area contributed by atoms with Gasteiger partial charge in [0.15, 0.2) is 5.78 Å². The normalized spacial score (nSPS) is 22.5. The molecule has 22 heavy (non-hydrogen) atoms. The van der Waals surface area contributed by atoms with Gasteiger partial charge in [-0.05, 0) is 49.1 Å². The van der Waals surface area contributed by atoms with Gasteiger partial charge in [0.05, 0.1) is 12.1 Å². The summed E-state index contributed by atoms with van der Waals surface area (Å²) in [4.78, 5) is 23.5. The first-order valence-electron chi connectivity index (χ1n) is 8.10. The van der Waals surface area contributed by atoms with Crippen molar-refractivity contribution in [3.63, 3.8) is 0 Å². The second-order valence-corrected chi connectivity index (χ2v) is 7.62. The molecule has 4 nitrogen and oxygen atoms in total. The fourth-order valence-corrected chi connectivity index (χ4v) is 3.56. The fraction of sp³-hybridized carbons (Fsp3) is 0.667. The fourth-order valence-electron chi connectivity index (χ4n) is 3.56. The molecule has 1 saturated carbocycles. The zero-order valence-electron chi connectivity index (χ0n) is 14.1. The van der Waals surface area contributed by atoms with Crippen LogP contribution in [0.15, 0.2) is 12.1 Å². The van der Waals surface area contributed by atoms with Gasteiger partial charge < -0.3 is 9.67 Å². The summed E-state index contributed by atoms with van der Waals surface area (Å²) in [6.45, 7) is 6.82. The molecule has 0 spiro atoms. The van der Waals surface area contributed by atoms with E-state index in [0.29, 0.717) is 22.7 Å². The van der Waals surface area contributed by atoms with Crippen LogP contribution in [-0.2, 0) is 18.3 Å². The summed E-state index contributed by atoms with van der Waals surface area (Å²) in [6.07, 6.45) is 4.06. The van der Waals surface area contributed by atoms with Crippen molar-refractivity contribution in [2.45, 2.75) is 52.9 Å². The second kappa shape index (κ2) is 6.27. The van der Waals surface area contributed by atoms with E-state index in [-0.39, 0.29) is 18.1 Å². The third-order valence-corrected chi connectivity index (χ3v) is 5.13. The Morgan fingerprint density at radius 1 is 1.18 bits per heavy atom. The largest absolute Gasteiger partial charge is 0.481 e. The molecule has 1 aliphatic rings. The number of carboxylic acid groups (broad SMARTS) is 1. The molecule has 1 heterocycles. The average molecular weight is 305 g/mol. The van der Waals surface area contributed by atoms with E-state index < -0.39 is 5.97 Å². The molecule has 0 amide bonds. The van der Waals surface area contributed by atoms with Gasteiger partial charge in [0.1, 0.15) is 0 Å². The van der Waals surface area contributed by atoms with Crippen LogP contribution in [0.1, 0.15) is 62.6 Å². The van der Waals surface area contributed by atoms with E-state index in [2.05, 4.69) is 20.8 Å². The van der Waals surface area contributed by atoms with Gasteiger partial charge in [-0.1, -0.05) is 20.8 Å². The quantitative estimate of drug-likeness (QED) is 0.863. The molecule has 0 radical (unpaired) electrons. The van der Waals surface area contributed by atoms with Crippen molar-refractivity contribution in [2.24, 2.45) is 24.3 Å². The number of hydrogen-bond acceptors (Lipinski definition) is 2. The summed E-state index contributed by atoms with van der Waals surface area (Å²) < 4.78 is 1.74. The Bertz CT molecular complexity index is 557. The number of rotatable bonds is 4. The molecule has 0 bridgehead atoms. The lowest BCUT2D eigenvalue weighted by Gasteiger charge is -2.36. The van der Waals surface area contributed by atoms with Crippen molar-refractivity contribution in [3.05, 3.63) is 23.5 Å². The minimum Gasteiger partial charge on any atom is -0.481 e. The number of hydrogen-bond donors (Lipinski definition) is 1. The molecule has 1 aliphatic carbocycles. The van der Waals surface area contributed by atoms with Crippen LogP contribution in [-0.4, -0.2) is 21.4 Å². The van der Waals surface area contributed by atoms with Gasteiger partial charge in [-0.15, -0.1) is 0 Å². The zero-order chi connectivity index (χ0) is 16.5. The minimum absolute atomic E-state index is 0.0411. The molecular formula is C18H27NO3. The summed E-state index contributed by atoms with van der Waals surface area (Å²) in [5.41, 5.74) is 1.64. The molecule has 0 saturated heterocycles. The molecular weight excluding hydrogens is 278 g/mol. The van der Waals surface area contributed by atoms with Crippen LogP contribution in [0, 0.1) is 17.3 Å². The number of carbonyl (C=O) groups is 2. The predicted molar refractivity (Wildman–Crippen MR) is 86.0 cm³/mol. The van der Waals surface area contributed by atoms with Crippen molar-refractivity contribution in [1.82, 2.24) is 4.57 Å². The van der Waals surface area contributed by atoms with Crippen molar-refractivity contribution < 1.29 is 14.7 Å². The maximum atomic E-state index is 12.7. The molecule has 122 valence electrons. The first-order valence-corrected chi connectivity index (χ1v) is 8.10. The predicted octanol–water partition coefficient (Wildman–Crippen LogP) is 3.69. The number of aromatic nitrogens is 1. The molecule has 1 aromatic rings. The van der Waals surface area contributed by atoms with Crippen molar-refractivity contribution in [3.8, 4) is 0 Å². The van der Waals surface area contributed by atoms with Crippen LogP contribution in [0.4, 0.5) is 0 Å². The molecule has 2 rings (SSSR count). The Labute approximate surface area is 132 Å². The van der Waals surface area contributed by atoms with Gasteiger partial charge in [0, 0.05) is 18.7 Å². The van der Waals surface area contributed by atoms with Gasteiger partial charge in [0.25, 0.3) is 0 Å². The lowest BCUT2D eigenvalue weighted by atomic mass is 9.69. The summed E-state index contributed by atoms with van der Waals surface area (Å²) in [5.74, 6) is 0.0785.